The quantitative estimate of drug-likeness (QED) is 0.765. The van der Waals surface area contributed by atoms with Gasteiger partial charge in [-0.25, -0.2) is 0 Å². The Morgan fingerprint density at radius 3 is 2.71 bits per heavy atom. The average Bonchev–Trinajstić information content (AvgIpc) is 2.55. The number of nitrogens with one attached hydrogen (secondary N) is 1. The Morgan fingerprint density at radius 1 is 1.33 bits per heavy atom. The summed E-state index contributed by atoms with van der Waals surface area (Å²) in [6.07, 6.45) is 2.72. The highest BCUT2D eigenvalue weighted by atomic mass is 35.5. The van der Waals surface area contributed by atoms with Gasteiger partial charge in [-0.05, 0) is 43.2 Å². The topological polar surface area (TPSA) is 61.6 Å². The molecule has 0 spiro atoms. The number of nitrogens with zero attached hydrogens (tertiary/aromatic N) is 2. The third kappa shape index (κ3) is 6.99. The molecule has 0 radical (unpaired) electrons. The summed E-state index contributed by atoms with van der Waals surface area (Å²) in [5, 5.41) is 2.94. The Bertz CT molecular complexity index is 509. The molecule has 1 aromatic rings. The van der Waals surface area contributed by atoms with Crippen molar-refractivity contribution in [1.29, 1.82) is 0 Å². The molecule has 2 rings (SSSR count). The number of carbonyl (C=O) groups excluding carboxylic acids is 1. The van der Waals surface area contributed by atoms with Crippen LogP contribution in [-0.4, -0.2) is 67.0 Å². The van der Waals surface area contributed by atoms with Crippen molar-refractivity contribution in [1.82, 2.24) is 9.80 Å². The van der Waals surface area contributed by atoms with Crippen molar-refractivity contribution in [3.05, 3.63) is 29.8 Å². The highest BCUT2D eigenvalue weighted by molar-refractivity contribution is 7.98. The maximum Gasteiger partial charge on any atom is 0.241 e. The number of halogens is 1. The van der Waals surface area contributed by atoms with Gasteiger partial charge in [0.25, 0.3) is 0 Å². The van der Waals surface area contributed by atoms with Crippen molar-refractivity contribution in [3.8, 4) is 0 Å². The van der Waals surface area contributed by atoms with E-state index in [0.29, 0.717) is 6.42 Å². The van der Waals surface area contributed by atoms with Crippen molar-refractivity contribution in [3.63, 3.8) is 0 Å². The molecule has 0 aromatic heterocycles. The second kappa shape index (κ2) is 10.9. The third-order valence-electron chi connectivity index (χ3n) is 4.17. The van der Waals surface area contributed by atoms with E-state index in [0.717, 1.165) is 44.2 Å². The first-order valence-corrected chi connectivity index (χ1v) is 9.53. The first kappa shape index (κ1) is 21.3. The van der Waals surface area contributed by atoms with Crippen molar-refractivity contribution >= 4 is 35.8 Å². The summed E-state index contributed by atoms with van der Waals surface area (Å²) in [5.74, 6) is 0.800. The molecule has 24 heavy (non-hydrogen) atoms. The number of carbonyl (C=O) groups is 1. The van der Waals surface area contributed by atoms with E-state index in [1.165, 1.54) is 5.56 Å². The van der Waals surface area contributed by atoms with Crippen molar-refractivity contribution in [2.24, 2.45) is 5.73 Å². The zero-order chi connectivity index (χ0) is 16.7. The molecule has 7 heteroatoms. The van der Waals surface area contributed by atoms with Gasteiger partial charge in [-0.15, -0.1) is 12.4 Å². The van der Waals surface area contributed by atoms with E-state index in [1.54, 1.807) is 11.8 Å². The molecule has 0 saturated carbocycles. The molecule has 1 aromatic carbocycles. The highest BCUT2D eigenvalue weighted by Gasteiger charge is 2.15. The molecule has 0 aliphatic carbocycles. The molecule has 0 unspecified atom stereocenters. The van der Waals surface area contributed by atoms with Crippen molar-refractivity contribution < 1.29 is 4.79 Å². The fourth-order valence-corrected chi connectivity index (χ4v) is 3.11. The van der Waals surface area contributed by atoms with Crippen LogP contribution in [0.1, 0.15) is 12.0 Å². The molecular weight excluding hydrogens is 344 g/mol. The van der Waals surface area contributed by atoms with Gasteiger partial charge in [0.15, 0.2) is 0 Å². The Balaban J connectivity index is 0.00000288. The number of likely N-dealkylation sites (N-methyl/N-ethyl adjacent to an activating group) is 1. The van der Waals surface area contributed by atoms with Gasteiger partial charge in [0.2, 0.25) is 5.91 Å². The molecule has 1 fully saturated rings. The zero-order valence-corrected chi connectivity index (χ0v) is 16.2. The van der Waals surface area contributed by atoms with Gasteiger partial charge in [0, 0.05) is 38.4 Å². The van der Waals surface area contributed by atoms with Crippen molar-refractivity contribution in [2.75, 3.05) is 50.6 Å². The van der Waals surface area contributed by atoms with E-state index in [2.05, 4.69) is 34.3 Å². The molecule has 0 bridgehead atoms. The lowest BCUT2D eigenvalue weighted by atomic mass is 10.1. The fourth-order valence-electron chi connectivity index (χ4n) is 2.62. The summed E-state index contributed by atoms with van der Waals surface area (Å²) in [6.45, 7) is 5.33. The van der Waals surface area contributed by atoms with E-state index < -0.39 is 6.04 Å². The molecule has 1 heterocycles. The minimum Gasteiger partial charge on any atom is -0.325 e. The molecule has 136 valence electrons. The summed E-state index contributed by atoms with van der Waals surface area (Å²) in [4.78, 5) is 16.9. The smallest absolute Gasteiger partial charge is 0.241 e. The number of anilines is 1. The molecule has 1 amide bonds. The lowest BCUT2D eigenvalue weighted by Crippen LogP contribution is -2.43. The Labute approximate surface area is 155 Å². The average molecular weight is 373 g/mol. The second-order valence-electron chi connectivity index (χ2n) is 6.16. The first-order valence-electron chi connectivity index (χ1n) is 8.13. The van der Waals surface area contributed by atoms with E-state index in [1.807, 2.05) is 18.4 Å². The summed E-state index contributed by atoms with van der Waals surface area (Å²) in [6, 6.07) is 7.64. The standard InChI is InChI=1S/C17H28N4OS.ClH/c1-20-7-9-21(10-8-20)13-14-4-3-5-15(12-14)19-17(22)16(18)6-11-23-2;/h3-5,12,16H,6-11,13,18H2,1-2H3,(H,19,22);1H/t16-;/m0./s1. The van der Waals surface area contributed by atoms with E-state index in [4.69, 9.17) is 5.73 Å². The molecule has 1 atom stereocenters. The van der Waals surface area contributed by atoms with Gasteiger partial charge in [0.05, 0.1) is 6.04 Å². The summed E-state index contributed by atoms with van der Waals surface area (Å²) < 4.78 is 0. The van der Waals surface area contributed by atoms with Crippen LogP contribution in [0.4, 0.5) is 5.69 Å². The van der Waals surface area contributed by atoms with Crippen LogP contribution in [0.3, 0.4) is 0 Å². The van der Waals surface area contributed by atoms with Crippen LogP contribution in [0.25, 0.3) is 0 Å². The second-order valence-corrected chi connectivity index (χ2v) is 7.14. The number of rotatable bonds is 7. The van der Waals surface area contributed by atoms with Crippen LogP contribution in [0.2, 0.25) is 0 Å². The summed E-state index contributed by atoms with van der Waals surface area (Å²) >= 11 is 1.71. The number of hydrogen-bond acceptors (Lipinski definition) is 5. The molecule has 5 nitrogen and oxygen atoms in total. The Morgan fingerprint density at radius 2 is 2.04 bits per heavy atom. The highest BCUT2D eigenvalue weighted by Crippen LogP contribution is 2.14. The van der Waals surface area contributed by atoms with E-state index in [9.17, 15) is 4.79 Å². The SMILES string of the molecule is CSCC[C@H](N)C(=O)Nc1cccc(CN2CCN(C)CC2)c1.Cl. The van der Waals surface area contributed by atoms with Gasteiger partial charge in [-0.2, -0.15) is 11.8 Å². The largest absolute Gasteiger partial charge is 0.325 e. The minimum atomic E-state index is -0.441. The van der Waals surface area contributed by atoms with Gasteiger partial charge in [-0.3, -0.25) is 9.69 Å². The van der Waals surface area contributed by atoms with Gasteiger partial charge >= 0.3 is 0 Å². The van der Waals surface area contributed by atoms with E-state index >= 15 is 0 Å². The Hall–Kier alpha value is -0.790. The normalized spacial score (nSPS) is 17.1. The maximum atomic E-state index is 12.1. The predicted molar refractivity (Wildman–Crippen MR) is 106 cm³/mol. The number of thioether (sulfide) groups is 1. The number of hydrogen-bond donors (Lipinski definition) is 2. The molecule has 1 aliphatic heterocycles. The molecule has 1 saturated heterocycles. The van der Waals surface area contributed by atoms with Crippen LogP contribution < -0.4 is 11.1 Å². The van der Waals surface area contributed by atoms with Crippen LogP contribution >= 0.6 is 24.2 Å². The number of piperazine rings is 1. The Kier molecular flexibility index (Phi) is 9.69. The fraction of sp³-hybridized carbons (Fsp3) is 0.588. The first-order chi connectivity index (χ1) is 11.1. The van der Waals surface area contributed by atoms with Crippen LogP contribution in [0.5, 0.6) is 0 Å². The number of amides is 1. The summed E-state index contributed by atoms with van der Waals surface area (Å²) in [5.41, 5.74) is 7.97. The third-order valence-corrected chi connectivity index (χ3v) is 4.81. The zero-order valence-electron chi connectivity index (χ0n) is 14.5. The minimum absolute atomic E-state index is 0. The van der Waals surface area contributed by atoms with Gasteiger partial charge < -0.3 is 16.0 Å². The van der Waals surface area contributed by atoms with E-state index in [-0.39, 0.29) is 18.3 Å². The molecule has 1 aliphatic rings. The van der Waals surface area contributed by atoms with Gasteiger partial charge in [0.1, 0.15) is 0 Å². The molecule has 3 N–H and O–H groups in total. The molecular formula is C17H29ClN4OS. The predicted octanol–water partition coefficient (Wildman–Crippen LogP) is 1.87. The van der Waals surface area contributed by atoms with Crippen LogP contribution in [-0.2, 0) is 11.3 Å². The lowest BCUT2D eigenvalue weighted by Gasteiger charge is -2.32. The van der Waals surface area contributed by atoms with Crippen LogP contribution in [0, 0.1) is 0 Å². The number of nitrogens with two attached hydrogens (primary N) is 1. The summed E-state index contributed by atoms with van der Waals surface area (Å²) in [7, 11) is 2.16. The number of benzene rings is 1. The van der Waals surface area contributed by atoms with Crippen LogP contribution in [0.15, 0.2) is 24.3 Å². The van der Waals surface area contributed by atoms with Gasteiger partial charge in [-0.1, -0.05) is 12.1 Å². The maximum absolute atomic E-state index is 12.1. The lowest BCUT2D eigenvalue weighted by molar-refractivity contribution is -0.117. The van der Waals surface area contributed by atoms with Crippen molar-refractivity contribution in [2.45, 2.75) is 19.0 Å². The monoisotopic (exact) mass is 372 g/mol.